The maximum Gasteiger partial charge on any atom is 0.308 e. The van der Waals surface area contributed by atoms with Crippen molar-refractivity contribution < 1.29 is 14.6 Å². The highest BCUT2D eigenvalue weighted by atomic mass is 16.5. The lowest BCUT2D eigenvalue weighted by atomic mass is 9.67. The topological polar surface area (TPSA) is 49.8 Å². The van der Waals surface area contributed by atoms with Gasteiger partial charge in [-0.2, -0.15) is 0 Å². The molecule has 0 aromatic rings. The van der Waals surface area contributed by atoms with Gasteiger partial charge in [0.05, 0.1) is 18.1 Å². The number of rotatable bonds is 2. The molecule has 4 heteroatoms. The summed E-state index contributed by atoms with van der Waals surface area (Å²) in [5.41, 5.74) is 0.255. The highest BCUT2D eigenvalue weighted by Crippen LogP contribution is 2.42. The van der Waals surface area contributed by atoms with E-state index in [1.54, 1.807) is 0 Å². The van der Waals surface area contributed by atoms with Crippen LogP contribution >= 0.6 is 0 Å². The van der Waals surface area contributed by atoms with Crippen molar-refractivity contribution in [3.63, 3.8) is 0 Å². The summed E-state index contributed by atoms with van der Waals surface area (Å²) in [7, 11) is 0. The summed E-state index contributed by atoms with van der Waals surface area (Å²) in [5.74, 6) is -0.244. The number of carboxylic acid groups (broad SMARTS) is 1. The summed E-state index contributed by atoms with van der Waals surface area (Å²) in [6.45, 7) is 12.7. The monoisotopic (exact) mass is 297 g/mol. The number of aliphatic carboxylic acids is 1. The molecule has 122 valence electrons. The molecule has 0 amide bonds. The Labute approximate surface area is 128 Å². The highest BCUT2D eigenvalue weighted by molar-refractivity contribution is 5.71. The van der Waals surface area contributed by atoms with Crippen LogP contribution < -0.4 is 0 Å². The number of morpholine rings is 1. The van der Waals surface area contributed by atoms with Crippen molar-refractivity contribution in [2.75, 3.05) is 13.1 Å². The number of carbonyl (C=O) groups is 1. The van der Waals surface area contributed by atoms with Crippen LogP contribution in [0.3, 0.4) is 0 Å². The second-order valence-electron chi connectivity index (χ2n) is 8.10. The van der Waals surface area contributed by atoms with E-state index >= 15 is 0 Å². The van der Waals surface area contributed by atoms with Crippen molar-refractivity contribution in [1.29, 1.82) is 0 Å². The molecule has 0 bridgehead atoms. The molecular weight excluding hydrogens is 266 g/mol. The average Bonchev–Trinajstić information content (AvgIpc) is 2.35. The van der Waals surface area contributed by atoms with Gasteiger partial charge in [0.2, 0.25) is 0 Å². The van der Waals surface area contributed by atoms with Crippen LogP contribution in [0.15, 0.2) is 0 Å². The standard InChI is InChI=1S/C17H31NO3/c1-11-9-18(10-12(2)21-11)15-8-13(17(3,4)5)6-7-14(15)16(19)20/h11-15H,6-10H2,1-5H3,(H,19,20)/t11-,12+,13?,14?,15?. The Bertz CT molecular complexity index is 367. The Morgan fingerprint density at radius 3 is 2.19 bits per heavy atom. The molecule has 0 aromatic carbocycles. The van der Waals surface area contributed by atoms with E-state index in [0.717, 1.165) is 32.4 Å². The first-order chi connectivity index (χ1) is 9.68. The minimum atomic E-state index is -0.626. The van der Waals surface area contributed by atoms with Crippen LogP contribution in [0.1, 0.15) is 53.9 Å². The lowest BCUT2D eigenvalue weighted by molar-refractivity contribution is -0.151. The van der Waals surface area contributed by atoms with Crippen LogP contribution in [0.4, 0.5) is 0 Å². The van der Waals surface area contributed by atoms with Gasteiger partial charge in [-0.25, -0.2) is 0 Å². The zero-order valence-corrected chi connectivity index (χ0v) is 14.1. The van der Waals surface area contributed by atoms with Crippen molar-refractivity contribution in [1.82, 2.24) is 4.90 Å². The second-order valence-corrected chi connectivity index (χ2v) is 8.10. The van der Waals surface area contributed by atoms with Crippen molar-refractivity contribution in [3.8, 4) is 0 Å². The first kappa shape index (κ1) is 16.8. The molecule has 0 radical (unpaired) electrons. The first-order valence-electron chi connectivity index (χ1n) is 8.30. The van der Waals surface area contributed by atoms with E-state index in [-0.39, 0.29) is 29.6 Å². The minimum absolute atomic E-state index is 0.161. The molecule has 2 rings (SSSR count). The SMILES string of the molecule is C[C@@H]1CN(C2CC(C(C)(C)C)CCC2C(=O)O)C[C@H](C)O1. The number of hydrogen-bond acceptors (Lipinski definition) is 3. The fourth-order valence-corrected chi connectivity index (χ4v) is 4.11. The summed E-state index contributed by atoms with van der Waals surface area (Å²) in [5, 5.41) is 9.60. The van der Waals surface area contributed by atoms with E-state index in [1.165, 1.54) is 0 Å². The summed E-state index contributed by atoms with van der Waals surface area (Å²) >= 11 is 0. The molecule has 0 aromatic heterocycles. The second kappa shape index (κ2) is 6.25. The average molecular weight is 297 g/mol. The largest absolute Gasteiger partial charge is 0.481 e. The van der Waals surface area contributed by atoms with Crippen molar-refractivity contribution >= 4 is 5.97 Å². The molecular formula is C17H31NO3. The van der Waals surface area contributed by atoms with Gasteiger partial charge in [-0.3, -0.25) is 9.69 Å². The Kier molecular flexibility index (Phi) is 4.99. The molecule has 3 unspecified atom stereocenters. The number of nitrogens with zero attached hydrogens (tertiary/aromatic N) is 1. The predicted octanol–water partition coefficient (Wildman–Crippen LogP) is 3.01. The number of hydrogen-bond donors (Lipinski definition) is 1. The van der Waals surface area contributed by atoms with Crippen LogP contribution in [0.25, 0.3) is 0 Å². The van der Waals surface area contributed by atoms with Crippen LogP contribution in [-0.2, 0) is 9.53 Å². The molecule has 4 nitrogen and oxygen atoms in total. The Morgan fingerprint density at radius 1 is 1.14 bits per heavy atom. The van der Waals surface area contributed by atoms with Crippen molar-refractivity contribution in [2.24, 2.45) is 17.3 Å². The lowest BCUT2D eigenvalue weighted by Crippen LogP contribution is -2.55. The Morgan fingerprint density at radius 2 is 1.71 bits per heavy atom. The Balaban J connectivity index is 2.15. The van der Waals surface area contributed by atoms with Gasteiger partial charge >= 0.3 is 5.97 Å². The summed E-state index contributed by atoms with van der Waals surface area (Å²) < 4.78 is 5.81. The van der Waals surface area contributed by atoms with Gasteiger partial charge in [0.1, 0.15) is 0 Å². The molecule has 2 fully saturated rings. The quantitative estimate of drug-likeness (QED) is 0.851. The van der Waals surface area contributed by atoms with Crippen LogP contribution in [0.2, 0.25) is 0 Å². The van der Waals surface area contributed by atoms with Gasteiger partial charge in [-0.15, -0.1) is 0 Å². The third-order valence-corrected chi connectivity index (χ3v) is 5.28. The number of ether oxygens (including phenoxy) is 1. The zero-order chi connectivity index (χ0) is 15.8. The molecule has 1 saturated carbocycles. The molecule has 1 heterocycles. The first-order valence-corrected chi connectivity index (χ1v) is 8.30. The van der Waals surface area contributed by atoms with E-state index in [0.29, 0.717) is 5.92 Å². The Hall–Kier alpha value is -0.610. The minimum Gasteiger partial charge on any atom is -0.481 e. The van der Waals surface area contributed by atoms with Gasteiger partial charge in [0, 0.05) is 19.1 Å². The molecule has 21 heavy (non-hydrogen) atoms. The summed E-state index contributed by atoms with van der Waals surface area (Å²) in [6.07, 6.45) is 3.23. The van der Waals surface area contributed by atoms with Gasteiger partial charge in [-0.1, -0.05) is 20.8 Å². The van der Waals surface area contributed by atoms with Gasteiger partial charge < -0.3 is 9.84 Å². The van der Waals surface area contributed by atoms with Crippen molar-refractivity contribution in [2.45, 2.75) is 72.1 Å². The van der Waals surface area contributed by atoms with Crippen LogP contribution in [0.5, 0.6) is 0 Å². The van der Waals surface area contributed by atoms with Gasteiger partial charge in [0.25, 0.3) is 0 Å². The fraction of sp³-hybridized carbons (Fsp3) is 0.941. The van der Waals surface area contributed by atoms with Gasteiger partial charge in [0.15, 0.2) is 0 Å². The lowest BCUT2D eigenvalue weighted by Gasteiger charge is -2.48. The third-order valence-electron chi connectivity index (χ3n) is 5.28. The van der Waals surface area contributed by atoms with E-state index in [2.05, 4.69) is 39.5 Å². The molecule has 5 atom stereocenters. The van der Waals surface area contributed by atoms with E-state index in [9.17, 15) is 9.90 Å². The molecule has 2 aliphatic rings. The number of carboxylic acids is 1. The maximum atomic E-state index is 11.7. The predicted molar refractivity (Wildman–Crippen MR) is 83.3 cm³/mol. The highest BCUT2D eigenvalue weighted by Gasteiger charge is 2.43. The van der Waals surface area contributed by atoms with Crippen LogP contribution in [-0.4, -0.2) is 47.3 Å². The maximum absolute atomic E-state index is 11.7. The van der Waals surface area contributed by atoms with E-state index < -0.39 is 5.97 Å². The fourth-order valence-electron chi connectivity index (χ4n) is 4.11. The van der Waals surface area contributed by atoms with Crippen LogP contribution in [0, 0.1) is 17.3 Å². The normalized spacial score (nSPS) is 39.2. The van der Waals surface area contributed by atoms with Gasteiger partial charge in [-0.05, 0) is 44.4 Å². The smallest absolute Gasteiger partial charge is 0.308 e. The zero-order valence-electron chi connectivity index (χ0n) is 14.1. The van der Waals surface area contributed by atoms with E-state index in [4.69, 9.17) is 4.74 Å². The summed E-state index contributed by atoms with van der Waals surface area (Å²) in [6, 6.07) is 0.161. The molecule has 1 saturated heterocycles. The van der Waals surface area contributed by atoms with E-state index in [1.807, 2.05) is 0 Å². The third kappa shape index (κ3) is 3.98. The molecule has 1 N–H and O–H groups in total. The molecule has 1 aliphatic heterocycles. The van der Waals surface area contributed by atoms with Crippen molar-refractivity contribution in [3.05, 3.63) is 0 Å². The molecule has 0 spiro atoms. The summed E-state index contributed by atoms with van der Waals surface area (Å²) in [4.78, 5) is 14.1. The molecule has 1 aliphatic carbocycles.